The second-order valence-electron chi connectivity index (χ2n) is 7.57. The molecule has 132 valence electrons. The van der Waals surface area contributed by atoms with E-state index < -0.39 is 0 Å². The van der Waals surface area contributed by atoms with Gasteiger partial charge in [-0.3, -0.25) is 9.59 Å². The Balaban J connectivity index is 1.64. The average molecular weight is 341 g/mol. The van der Waals surface area contributed by atoms with Gasteiger partial charge in [-0.2, -0.15) is 0 Å². The fraction of sp³-hybridized carbons (Fsp3) is 0.556. The number of anilines is 1. The lowest BCUT2D eigenvalue weighted by atomic mass is 9.70. The Hall–Kier alpha value is -2.44. The van der Waals surface area contributed by atoms with Gasteiger partial charge in [-0.05, 0) is 18.8 Å². The third kappa shape index (κ3) is 2.58. The minimum atomic E-state index is -0.313. The molecule has 3 N–H and O–H groups in total. The number of nitrogens with one attached hydrogen (secondary N) is 3. The minimum absolute atomic E-state index is 0.00500. The standard InChI is InChI=1S/C18H23N5O2/c1-4-13-19-11-7-9(8-12(24)15(11)21-13)18(2,3)17-20-10-5-6-14(25)22-16(10)23-17/h9H,4-8H2,1-3H3,(H,19,21)(H,20,23)(H,22,25). The van der Waals surface area contributed by atoms with Crippen molar-refractivity contribution in [2.24, 2.45) is 5.92 Å². The first kappa shape index (κ1) is 16.1. The maximum atomic E-state index is 12.6. The third-order valence-corrected chi connectivity index (χ3v) is 5.58. The van der Waals surface area contributed by atoms with E-state index in [-0.39, 0.29) is 23.0 Å². The molecule has 0 spiro atoms. The second-order valence-corrected chi connectivity index (χ2v) is 7.57. The smallest absolute Gasteiger partial charge is 0.225 e. The summed E-state index contributed by atoms with van der Waals surface area (Å²) in [6, 6.07) is 0. The van der Waals surface area contributed by atoms with Crippen LogP contribution >= 0.6 is 0 Å². The number of amides is 1. The van der Waals surface area contributed by atoms with Crippen LogP contribution in [0.3, 0.4) is 0 Å². The second kappa shape index (κ2) is 5.54. The first-order valence-corrected chi connectivity index (χ1v) is 8.88. The third-order valence-electron chi connectivity index (χ3n) is 5.58. The Labute approximate surface area is 146 Å². The Kier molecular flexibility index (Phi) is 3.56. The van der Waals surface area contributed by atoms with E-state index in [0.717, 1.165) is 35.9 Å². The van der Waals surface area contributed by atoms with Crippen molar-refractivity contribution in [3.63, 3.8) is 0 Å². The van der Waals surface area contributed by atoms with Crippen molar-refractivity contribution in [3.8, 4) is 0 Å². The zero-order chi connectivity index (χ0) is 17.8. The van der Waals surface area contributed by atoms with E-state index in [4.69, 9.17) is 0 Å². The van der Waals surface area contributed by atoms with E-state index in [0.29, 0.717) is 30.8 Å². The molecule has 4 rings (SSSR count). The van der Waals surface area contributed by atoms with Crippen molar-refractivity contribution in [1.82, 2.24) is 19.9 Å². The number of ketones is 1. The fourth-order valence-electron chi connectivity index (χ4n) is 3.78. The number of rotatable bonds is 3. The molecule has 1 unspecified atom stereocenters. The van der Waals surface area contributed by atoms with Crippen molar-refractivity contribution < 1.29 is 9.59 Å². The van der Waals surface area contributed by atoms with Crippen LogP contribution in [0.25, 0.3) is 0 Å². The topological polar surface area (TPSA) is 104 Å². The zero-order valence-electron chi connectivity index (χ0n) is 14.8. The molecular weight excluding hydrogens is 318 g/mol. The Morgan fingerprint density at radius 1 is 1.08 bits per heavy atom. The van der Waals surface area contributed by atoms with Crippen LogP contribution in [0.4, 0.5) is 5.82 Å². The Morgan fingerprint density at radius 3 is 2.64 bits per heavy atom. The van der Waals surface area contributed by atoms with Crippen molar-refractivity contribution >= 4 is 17.5 Å². The van der Waals surface area contributed by atoms with Gasteiger partial charge < -0.3 is 15.3 Å². The molecule has 1 aliphatic carbocycles. The van der Waals surface area contributed by atoms with Crippen molar-refractivity contribution in [1.29, 1.82) is 0 Å². The molecule has 2 aromatic rings. The number of fused-ring (bicyclic) bond motifs is 2. The summed E-state index contributed by atoms with van der Waals surface area (Å²) in [7, 11) is 0. The number of nitrogens with zero attached hydrogens (tertiary/aromatic N) is 2. The molecule has 0 saturated heterocycles. The van der Waals surface area contributed by atoms with Gasteiger partial charge in [0, 0.05) is 30.4 Å². The van der Waals surface area contributed by atoms with Crippen LogP contribution in [0.15, 0.2) is 0 Å². The summed E-state index contributed by atoms with van der Waals surface area (Å²) in [5.74, 6) is 2.56. The van der Waals surface area contributed by atoms with E-state index >= 15 is 0 Å². The number of hydrogen-bond acceptors (Lipinski definition) is 4. The molecule has 1 aliphatic heterocycles. The van der Waals surface area contributed by atoms with Gasteiger partial charge >= 0.3 is 0 Å². The van der Waals surface area contributed by atoms with Gasteiger partial charge in [0.2, 0.25) is 5.91 Å². The van der Waals surface area contributed by atoms with Crippen LogP contribution in [-0.2, 0) is 29.5 Å². The van der Waals surface area contributed by atoms with Crippen LogP contribution in [0.2, 0.25) is 0 Å². The quantitative estimate of drug-likeness (QED) is 0.797. The number of H-pyrrole nitrogens is 2. The molecule has 7 heteroatoms. The molecule has 0 bridgehead atoms. The van der Waals surface area contributed by atoms with Gasteiger partial charge in [0.15, 0.2) is 11.6 Å². The summed E-state index contributed by atoms with van der Waals surface area (Å²) in [5.41, 5.74) is 2.21. The molecule has 1 atom stereocenters. The summed E-state index contributed by atoms with van der Waals surface area (Å²) in [6.07, 6.45) is 3.19. The predicted octanol–water partition coefficient (Wildman–Crippen LogP) is 2.30. The summed E-state index contributed by atoms with van der Waals surface area (Å²) in [4.78, 5) is 39.9. The molecule has 2 aromatic heterocycles. The lowest BCUT2D eigenvalue weighted by Crippen LogP contribution is -2.36. The predicted molar refractivity (Wildman–Crippen MR) is 92.7 cm³/mol. The Bertz CT molecular complexity index is 861. The number of aromatic nitrogens is 4. The minimum Gasteiger partial charge on any atom is -0.345 e. The highest BCUT2D eigenvalue weighted by molar-refractivity contribution is 5.96. The molecular formula is C18H23N5O2. The lowest BCUT2D eigenvalue weighted by molar-refractivity contribution is -0.116. The van der Waals surface area contributed by atoms with Crippen LogP contribution in [-0.4, -0.2) is 31.6 Å². The molecule has 3 heterocycles. The highest BCUT2D eigenvalue weighted by Crippen LogP contribution is 2.39. The van der Waals surface area contributed by atoms with Gasteiger partial charge in [0.25, 0.3) is 0 Å². The molecule has 25 heavy (non-hydrogen) atoms. The zero-order valence-corrected chi connectivity index (χ0v) is 14.8. The van der Waals surface area contributed by atoms with E-state index in [9.17, 15) is 9.59 Å². The maximum absolute atomic E-state index is 12.6. The number of aromatic amines is 2. The van der Waals surface area contributed by atoms with E-state index in [1.807, 2.05) is 6.92 Å². The summed E-state index contributed by atoms with van der Waals surface area (Å²) >= 11 is 0. The summed E-state index contributed by atoms with van der Waals surface area (Å²) in [5, 5.41) is 2.83. The van der Waals surface area contributed by atoms with Gasteiger partial charge in [-0.15, -0.1) is 0 Å². The van der Waals surface area contributed by atoms with Gasteiger partial charge in [-0.1, -0.05) is 20.8 Å². The number of imidazole rings is 2. The number of carbonyl (C=O) groups excluding carboxylic acids is 2. The van der Waals surface area contributed by atoms with Crippen molar-refractivity contribution in [3.05, 3.63) is 28.7 Å². The summed E-state index contributed by atoms with van der Waals surface area (Å²) < 4.78 is 0. The van der Waals surface area contributed by atoms with Crippen LogP contribution in [0, 0.1) is 5.92 Å². The number of hydrogen-bond donors (Lipinski definition) is 3. The average Bonchev–Trinajstić information content (AvgIpc) is 3.18. The monoisotopic (exact) mass is 341 g/mol. The van der Waals surface area contributed by atoms with Gasteiger partial charge in [-0.25, -0.2) is 9.97 Å². The van der Waals surface area contributed by atoms with E-state index in [2.05, 4.69) is 39.1 Å². The van der Waals surface area contributed by atoms with Crippen LogP contribution in [0.1, 0.15) is 67.1 Å². The van der Waals surface area contributed by atoms with E-state index in [1.54, 1.807) is 0 Å². The first-order chi connectivity index (χ1) is 11.9. The number of carbonyl (C=O) groups is 2. The fourth-order valence-corrected chi connectivity index (χ4v) is 3.78. The Morgan fingerprint density at radius 2 is 1.88 bits per heavy atom. The van der Waals surface area contributed by atoms with Gasteiger partial charge in [0.05, 0.1) is 5.69 Å². The molecule has 0 saturated carbocycles. The van der Waals surface area contributed by atoms with Crippen molar-refractivity contribution in [2.75, 3.05) is 5.32 Å². The molecule has 0 fully saturated rings. The normalized spacial score (nSPS) is 20.2. The molecule has 1 amide bonds. The molecule has 0 aromatic carbocycles. The SMILES string of the molecule is CCc1nc2c([nH]1)CC(C(C)(C)c1nc3c([nH]1)CCC(=O)N3)CC2=O. The number of Topliss-reactive ketones (excluding diaryl/α,β-unsaturated/α-hetero) is 1. The highest BCUT2D eigenvalue weighted by atomic mass is 16.1. The first-order valence-electron chi connectivity index (χ1n) is 8.88. The van der Waals surface area contributed by atoms with Gasteiger partial charge in [0.1, 0.15) is 17.3 Å². The van der Waals surface area contributed by atoms with Crippen molar-refractivity contribution in [2.45, 2.75) is 58.3 Å². The molecule has 7 nitrogen and oxygen atoms in total. The lowest BCUT2D eigenvalue weighted by Gasteiger charge is -2.34. The molecule has 0 radical (unpaired) electrons. The van der Waals surface area contributed by atoms with Crippen LogP contribution < -0.4 is 5.32 Å². The summed E-state index contributed by atoms with van der Waals surface area (Å²) in [6.45, 7) is 6.25. The number of aryl methyl sites for hydroxylation is 2. The highest BCUT2D eigenvalue weighted by Gasteiger charge is 2.41. The maximum Gasteiger partial charge on any atom is 0.225 e. The van der Waals surface area contributed by atoms with Crippen LogP contribution in [0.5, 0.6) is 0 Å². The largest absolute Gasteiger partial charge is 0.345 e. The molecule has 2 aliphatic rings. The van der Waals surface area contributed by atoms with E-state index in [1.165, 1.54) is 0 Å².